The minimum atomic E-state index is -4.30. The highest BCUT2D eigenvalue weighted by Crippen LogP contribution is 2.59. The van der Waals surface area contributed by atoms with Crippen molar-refractivity contribution in [2.75, 3.05) is 47.6 Å². The van der Waals surface area contributed by atoms with Crippen LogP contribution in [0.25, 0.3) is 0 Å². The number of benzene rings is 2. The predicted molar refractivity (Wildman–Crippen MR) is 309 cm³/mol. The number of hydrogen-bond donors (Lipinski definition) is 0. The number of methoxy groups -OCH3 is 1. The Kier molecular flexibility index (Phi) is 22.7. The van der Waals surface area contributed by atoms with E-state index in [1.54, 1.807) is 69.5 Å². The largest absolute Gasteiger partial charge is 0.469 e. The third kappa shape index (κ3) is 16.4. The number of amides is 5. The molecule has 0 N–H and O–H groups in total. The topological polar surface area (TPSA) is 321 Å². The third-order valence-electron chi connectivity index (χ3n) is 16.5. The van der Waals surface area contributed by atoms with Crippen molar-refractivity contribution < 1.29 is 98.0 Å². The van der Waals surface area contributed by atoms with Crippen LogP contribution in [0.5, 0.6) is 0 Å². The summed E-state index contributed by atoms with van der Waals surface area (Å²) in [6.45, 7) is 17.0. The highest BCUT2D eigenvalue weighted by atomic mass is 32.2. The highest BCUT2D eigenvalue weighted by Gasteiger charge is 2.56. The van der Waals surface area contributed by atoms with Crippen LogP contribution in [0.4, 0.5) is 0 Å². The zero-order valence-electron chi connectivity index (χ0n) is 52.0. The van der Waals surface area contributed by atoms with E-state index in [9.17, 15) is 69.6 Å². The fraction of sp³-hybridized carbons (Fsp3) is 0.623. The summed E-state index contributed by atoms with van der Waals surface area (Å²) in [5.41, 5.74) is -4.46. The Morgan fingerprint density at radius 3 is 1.40 bits per heavy atom. The number of carbonyl (C=O) groups excluding carboxylic acids is 11. The van der Waals surface area contributed by atoms with Crippen molar-refractivity contribution in [3.63, 3.8) is 0 Å². The van der Waals surface area contributed by atoms with Gasteiger partial charge in [0.2, 0.25) is 17.7 Å². The number of ether oxygens (including phenoxy) is 6. The molecule has 26 heteroatoms. The molecule has 2 fully saturated rings. The summed E-state index contributed by atoms with van der Waals surface area (Å²) in [6.07, 6.45) is 1.94. The summed E-state index contributed by atoms with van der Waals surface area (Å²) in [7, 11) is -4.02. The second kappa shape index (κ2) is 27.9. The van der Waals surface area contributed by atoms with Gasteiger partial charge in [-0.1, -0.05) is 45.0 Å². The Labute approximate surface area is 509 Å². The van der Waals surface area contributed by atoms with Crippen LogP contribution in [-0.2, 0) is 91.6 Å². The van der Waals surface area contributed by atoms with Gasteiger partial charge in [0.1, 0.15) is 42.3 Å². The molecule has 0 saturated heterocycles. The van der Waals surface area contributed by atoms with Crippen molar-refractivity contribution in [2.24, 2.45) is 44.8 Å². The van der Waals surface area contributed by atoms with Crippen molar-refractivity contribution in [3.05, 3.63) is 59.7 Å². The van der Waals surface area contributed by atoms with Gasteiger partial charge in [0, 0.05) is 51.6 Å². The molecule has 2 saturated carbocycles. The first kappa shape index (κ1) is 70.7. The monoisotopic (exact) mass is 1260 g/mol. The van der Waals surface area contributed by atoms with Gasteiger partial charge in [0.25, 0.3) is 31.9 Å². The summed E-state index contributed by atoms with van der Waals surface area (Å²) in [5.74, 6) is -6.90. The van der Waals surface area contributed by atoms with Gasteiger partial charge in [-0.05, 0) is 135 Å². The highest BCUT2D eigenvalue weighted by molar-refractivity contribution is 7.91. The molecule has 5 atom stereocenters. The average molecular weight is 1260 g/mol. The van der Waals surface area contributed by atoms with Crippen LogP contribution in [0.15, 0.2) is 58.3 Å². The number of carbonyl (C=O) groups is 11. The molecule has 87 heavy (non-hydrogen) atoms. The van der Waals surface area contributed by atoms with Crippen LogP contribution >= 0.6 is 0 Å². The van der Waals surface area contributed by atoms with Crippen molar-refractivity contribution in [3.8, 4) is 0 Å². The van der Waals surface area contributed by atoms with E-state index in [1.807, 2.05) is 0 Å². The first-order valence-corrected chi connectivity index (χ1v) is 31.8. The third-order valence-corrected chi connectivity index (χ3v) is 20.1. The maximum atomic E-state index is 13.5. The van der Waals surface area contributed by atoms with Gasteiger partial charge in [0.15, 0.2) is 0 Å². The van der Waals surface area contributed by atoms with Gasteiger partial charge in [-0.15, -0.1) is 0 Å². The van der Waals surface area contributed by atoms with Gasteiger partial charge in [-0.2, -0.15) is 8.61 Å². The minimum absolute atomic E-state index is 0.00247. The summed E-state index contributed by atoms with van der Waals surface area (Å²) in [6, 6.07) is 11.1. The molecule has 6 rings (SSSR count). The molecule has 480 valence electrons. The van der Waals surface area contributed by atoms with Gasteiger partial charge in [-0.25, -0.2) is 16.8 Å². The van der Waals surface area contributed by atoms with Crippen LogP contribution in [0.2, 0.25) is 0 Å². The fourth-order valence-corrected chi connectivity index (χ4v) is 15.4. The lowest BCUT2D eigenvalue weighted by atomic mass is 9.66. The van der Waals surface area contributed by atoms with Crippen molar-refractivity contribution in [1.29, 1.82) is 0 Å². The molecule has 0 radical (unpaired) electrons. The number of fused-ring (bicyclic) bond motifs is 4. The normalized spacial score (nSPS) is 19.7. The number of imide groups is 2. The average Bonchev–Trinajstić information content (AvgIpc) is 1.67. The quantitative estimate of drug-likeness (QED) is 0.0534. The van der Waals surface area contributed by atoms with E-state index in [2.05, 4.69) is 13.8 Å². The standard InChI is InChI=1S/C37H51NO12S.C24H32N2O9S/c1-34(2,21-37(7,33(44)47-8)22-35(3,4)32(43)50-26-20-23-16-17-25(26)36(23,5)6)31(42)49-19-18-48-29(40)15-11-14-28(39)38-30(41)24-12-9-10-13-27(24)51(38,45)46;1-16(21(29)25(4)5)15-24(2,3)23(31)35-14-13-34-20(28)12-8-11-19(27)26-22(30)17-9-6-7-10-18(17)36(26,32)33/h9-10,12-13,23,25-26H,11,14-22H2,1-8H3;6-7,9-10,16H,8,11-15H2,1-5H3. The smallest absolute Gasteiger partial charge is 0.311 e. The summed E-state index contributed by atoms with van der Waals surface area (Å²) < 4.78 is 82.6. The van der Waals surface area contributed by atoms with Crippen LogP contribution in [0.3, 0.4) is 0 Å². The molecule has 2 heterocycles. The lowest BCUT2D eigenvalue weighted by molar-refractivity contribution is -0.171. The van der Waals surface area contributed by atoms with Crippen molar-refractivity contribution >= 4 is 85.4 Å². The Morgan fingerprint density at radius 1 is 0.598 bits per heavy atom. The molecule has 2 aromatic carbocycles. The number of rotatable bonds is 26. The van der Waals surface area contributed by atoms with Gasteiger partial charge >= 0.3 is 35.8 Å². The second-order valence-corrected chi connectivity index (χ2v) is 29.1. The lowest BCUT2D eigenvalue weighted by Crippen LogP contribution is -2.44. The number of esters is 6. The molecular weight excluding hydrogens is 1170 g/mol. The van der Waals surface area contributed by atoms with Crippen LogP contribution in [-0.4, -0.2) is 149 Å². The van der Waals surface area contributed by atoms with Gasteiger partial charge in [0.05, 0.1) is 39.9 Å². The Balaban J connectivity index is 0.000000338. The second-order valence-electron chi connectivity index (χ2n) is 25.6. The zero-order chi connectivity index (χ0) is 65.4. The summed E-state index contributed by atoms with van der Waals surface area (Å²) in [5, 5.41) is 0. The maximum Gasteiger partial charge on any atom is 0.311 e. The van der Waals surface area contributed by atoms with Gasteiger partial charge in [-0.3, -0.25) is 52.7 Å². The van der Waals surface area contributed by atoms with Crippen LogP contribution in [0, 0.1) is 44.8 Å². The molecule has 4 aliphatic rings. The summed E-state index contributed by atoms with van der Waals surface area (Å²) in [4.78, 5) is 139. The molecule has 2 aliphatic carbocycles. The summed E-state index contributed by atoms with van der Waals surface area (Å²) >= 11 is 0. The van der Waals surface area contributed by atoms with E-state index in [0.717, 1.165) is 19.3 Å². The minimum Gasteiger partial charge on any atom is -0.469 e. The molecular formula is C61H83N3O21S2. The molecule has 0 aromatic heterocycles. The first-order valence-electron chi connectivity index (χ1n) is 28.9. The van der Waals surface area contributed by atoms with Crippen LogP contribution < -0.4 is 0 Å². The lowest BCUT2D eigenvalue weighted by Gasteiger charge is -2.39. The van der Waals surface area contributed by atoms with E-state index < -0.39 is 101 Å². The van der Waals surface area contributed by atoms with E-state index in [4.69, 9.17) is 28.4 Å². The SMILES string of the molecule is CC(CC(C)(C)C(=O)OCCOC(=O)CCCC(=O)N1C(=O)c2ccccc2S1(=O)=O)C(=O)N(C)C.COC(=O)C(C)(CC(C)(C)C(=O)OCCOC(=O)CCCC(=O)N1C(=O)c2ccccc2S1(=O)=O)CC(C)(C)C(=O)OC1CC2CCC1C2(C)C. The van der Waals surface area contributed by atoms with Crippen LogP contribution in [0.1, 0.15) is 167 Å². The molecule has 2 aromatic rings. The predicted octanol–water partition coefficient (Wildman–Crippen LogP) is 6.75. The molecule has 5 amide bonds. The molecule has 24 nitrogen and oxygen atoms in total. The number of hydrogen-bond acceptors (Lipinski definition) is 21. The van der Waals surface area contributed by atoms with Gasteiger partial charge < -0.3 is 33.3 Å². The fourth-order valence-electron chi connectivity index (χ4n) is 12.3. The Hall–Kier alpha value is -7.09. The van der Waals surface area contributed by atoms with Crippen molar-refractivity contribution in [1.82, 2.24) is 13.5 Å². The first-order chi connectivity index (χ1) is 40.3. The molecule has 2 bridgehead atoms. The Bertz CT molecular complexity index is 3240. The Morgan fingerprint density at radius 2 is 1.01 bits per heavy atom. The maximum absolute atomic E-state index is 13.5. The van der Waals surface area contributed by atoms with E-state index in [1.165, 1.54) is 60.5 Å². The molecule has 0 spiro atoms. The molecule has 2 aliphatic heterocycles. The number of sulfonamides is 2. The number of nitrogens with zero attached hydrogens (tertiary/aromatic N) is 3. The van der Waals surface area contributed by atoms with E-state index in [-0.39, 0.29) is 137 Å². The van der Waals surface area contributed by atoms with E-state index in [0.29, 0.717) is 11.8 Å². The zero-order valence-corrected chi connectivity index (χ0v) is 53.6. The van der Waals surface area contributed by atoms with Crippen molar-refractivity contribution in [2.45, 2.75) is 162 Å². The van der Waals surface area contributed by atoms with E-state index >= 15 is 0 Å². The molecule has 5 unspecified atom stereocenters.